The van der Waals surface area contributed by atoms with Crippen molar-refractivity contribution < 1.29 is 23.7 Å². The van der Waals surface area contributed by atoms with Crippen molar-refractivity contribution in [2.45, 2.75) is 26.7 Å². The van der Waals surface area contributed by atoms with Gasteiger partial charge >= 0.3 is 0 Å². The molecule has 0 bridgehead atoms. The Morgan fingerprint density at radius 2 is 1.84 bits per heavy atom. The highest BCUT2D eigenvalue weighted by atomic mass is 16.7. The standard InChI is InChI=1S/C14H20O5/c1-3-16-14(17-4-2)9-15-8-11-5-6-12-13(7-11)19-10-18-12/h5-7,14H,3-4,8-10H2,1-2H3. The highest BCUT2D eigenvalue weighted by Crippen LogP contribution is 2.32. The molecule has 0 amide bonds. The molecule has 1 heterocycles. The van der Waals surface area contributed by atoms with Crippen LogP contribution in [-0.2, 0) is 20.8 Å². The molecule has 0 atom stereocenters. The van der Waals surface area contributed by atoms with Crippen molar-refractivity contribution in [3.63, 3.8) is 0 Å². The van der Waals surface area contributed by atoms with Gasteiger partial charge in [0.2, 0.25) is 6.79 Å². The van der Waals surface area contributed by atoms with Crippen LogP contribution in [-0.4, -0.2) is 32.9 Å². The minimum absolute atomic E-state index is 0.288. The van der Waals surface area contributed by atoms with E-state index in [2.05, 4.69) is 0 Å². The Morgan fingerprint density at radius 1 is 1.11 bits per heavy atom. The predicted molar refractivity (Wildman–Crippen MR) is 69.3 cm³/mol. The summed E-state index contributed by atoms with van der Waals surface area (Å²) in [6, 6.07) is 5.78. The van der Waals surface area contributed by atoms with E-state index in [1.807, 2.05) is 32.0 Å². The lowest BCUT2D eigenvalue weighted by Crippen LogP contribution is -2.23. The van der Waals surface area contributed by atoms with Gasteiger partial charge in [-0.25, -0.2) is 0 Å². The zero-order valence-corrected chi connectivity index (χ0v) is 11.4. The fraction of sp³-hybridized carbons (Fsp3) is 0.571. The highest BCUT2D eigenvalue weighted by Gasteiger charge is 2.13. The highest BCUT2D eigenvalue weighted by molar-refractivity contribution is 5.44. The zero-order valence-electron chi connectivity index (χ0n) is 11.4. The Morgan fingerprint density at radius 3 is 2.58 bits per heavy atom. The van der Waals surface area contributed by atoms with Crippen molar-refractivity contribution in [1.82, 2.24) is 0 Å². The van der Waals surface area contributed by atoms with Crippen LogP contribution in [0.4, 0.5) is 0 Å². The van der Waals surface area contributed by atoms with Crippen molar-refractivity contribution in [1.29, 1.82) is 0 Å². The molecular formula is C14H20O5. The summed E-state index contributed by atoms with van der Waals surface area (Å²) in [7, 11) is 0. The second kappa shape index (κ2) is 7.33. The van der Waals surface area contributed by atoms with E-state index in [4.69, 9.17) is 23.7 Å². The molecule has 5 heteroatoms. The van der Waals surface area contributed by atoms with E-state index in [-0.39, 0.29) is 13.1 Å². The number of hydrogen-bond acceptors (Lipinski definition) is 5. The normalized spacial score (nSPS) is 13.2. The molecule has 5 nitrogen and oxygen atoms in total. The molecule has 2 rings (SSSR count). The minimum atomic E-state index is -0.302. The van der Waals surface area contributed by atoms with Crippen molar-refractivity contribution in [3.05, 3.63) is 23.8 Å². The number of rotatable bonds is 8. The molecule has 106 valence electrons. The summed E-state index contributed by atoms with van der Waals surface area (Å²) in [5.74, 6) is 1.55. The summed E-state index contributed by atoms with van der Waals surface area (Å²) in [4.78, 5) is 0. The SMILES string of the molecule is CCOC(COCc1ccc2c(c1)OCO2)OCC. The Bertz CT molecular complexity index is 387. The number of benzene rings is 1. The first kappa shape index (κ1) is 14.1. The third-order valence-corrected chi connectivity index (χ3v) is 2.66. The first-order chi connectivity index (χ1) is 9.33. The Kier molecular flexibility index (Phi) is 5.44. The van der Waals surface area contributed by atoms with Crippen LogP contribution in [0.1, 0.15) is 19.4 Å². The van der Waals surface area contributed by atoms with Crippen molar-refractivity contribution in [2.24, 2.45) is 0 Å². The molecule has 1 aromatic carbocycles. The summed E-state index contributed by atoms with van der Waals surface area (Å²) in [6.07, 6.45) is -0.302. The maximum Gasteiger partial charge on any atom is 0.231 e. The molecule has 0 radical (unpaired) electrons. The van der Waals surface area contributed by atoms with Crippen LogP contribution in [0.2, 0.25) is 0 Å². The molecular weight excluding hydrogens is 248 g/mol. The first-order valence-electron chi connectivity index (χ1n) is 6.53. The molecule has 0 spiro atoms. The lowest BCUT2D eigenvalue weighted by Gasteiger charge is -2.16. The minimum Gasteiger partial charge on any atom is -0.454 e. The van der Waals surface area contributed by atoms with Crippen LogP contribution < -0.4 is 9.47 Å². The maximum atomic E-state index is 5.60. The van der Waals surface area contributed by atoms with Crippen LogP contribution in [0.25, 0.3) is 0 Å². The molecule has 0 unspecified atom stereocenters. The quantitative estimate of drug-likeness (QED) is 0.677. The number of fused-ring (bicyclic) bond motifs is 1. The van der Waals surface area contributed by atoms with Gasteiger partial charge < -0.3 is 23.7 Å². The molecule has 1 aliphatic heterocycles. The van der Waals surface area contributed by atoms with Gasteiger partial charge in [-0.1, -0.05) is 6.07 Å². The van der Waals surface area contributed by atoms with E-state index >= 15 is 0 Å². The predicted octanol–water partition coefficient (Wildman–Crippen LogP) is 2.33. The van der Waals surface area contributed by atoms with Gasteiger partial charge in [0, 0.05) is 13.2 Å². The van der Waals surface area contributed by atoms with Crippen LogP contribution in [0, 0.1) is 0 Å². The molecule has 0 aliphatic carbocycles. The van der Waals surface area contributed by atoms with Gasteiger partial charge in [-0.3, -0.25) is 0 Å². The average Bonchev–Trinajstić information content (AvgIpc) is 2.86. The summed E-state index contributed by atoms with van der Waals surface area (Å²) in [5, 5.41) is 0. The van der Waals surface area contributed by atoms with E-state index in [0.29, 0.717) is 26.4 Å². The van der Waals surface area contributed by atoms with Gasteiger partial charge in [0.05, 0.1) is 13.2 Å². The summed E-state index contributed by atoms with van der Waals surface area (Å²) in [5.41, 5.74) is 1.04. The molecule has 0 fully saturated rings. The number of hydrogen-bond donors (Lipinski definition) is 0. The van der Waals surface area contributed by atoms with Gasteiger partial charge in [-0.2, -0.15) is 0 Å². The van der Waals surface area contributed by atoms with E-state index < -0.39 is 0 Å². The van der Waals surface area contributed by atoms with Crippen molar-refractivity contribution in [2.75, 3.05) is 26.6 Å². The van der Waals surface area contributed by atoms with Gasteiger partial charge in [-0.15, -0.1) is 0 Å². The molecule has 0 N–H and O–H groups in total. The fourth-order valence-electron chi connectivity index (χ4n) is 1.82. The smallest absolute Gasteiger partial charge is 0.231 e. The lowest BCUT2D eigenvalue weighted by molar-refractivity contribution is -0.169. The van der Waals surface area contributed by atoms with Crippen LogP contribution >= 0.6 is 0 Å². The van der Waals surface area contributed by atoms with E-state index in [1.54, 1.807) is 0 Å². The van der Waals surface area contributed by atoms with Crippen LogP contribution in [0.15, 0.2) is 18.2 Å². The summed E-state index contributed by atoms with van der Waals surface area (Å²) >= 11 is 0. The zero-order chi connectivity index (χ0) is 13.5. The van der Waals surface area contributed by atoms with E-state index in [1.165, 1.54) is 0 Å². The third kappa shape index (κ3) is 4.09. The number of ether oxygens (including phenoxy) is 5. The second-order valence-corrected chi connectivity index (χ2v) is 4.04. The van der Waals surface area contributed by atoms with Gasteiger partial charge in [-0.05, 0) is 31.5 Å². The Labute approximate surface area is 113 Å². The monoisotopic (exact) mass is 268 g/mol. The van der Waals surface area contributed by atoms with Gasteiger partial charge in [0.15, 0.2) is 17.8 Å². The molecule has 0 saturated heterocycles. The van der Waals surface area contributed by atoms with Crippen molar-refractivity contribution >= 4 is 0 Å². The average molecular weight is 268 g/mol. The largest absolute Gasteiger partial charge is 0.454 e. The lowest BCUT2D eigenvalue weighted by atomic mass is 10.2. The van der Waals surface area contributed by atoms with Crippen molar-refractivity contribution in [3.8, 4) is 11.5 Å². The Balaban J connectivity index is 1.78. The van der Waals surface area contributed by atoms with Crippen LogP contribution in [0.3, 0.4) is 0 Å². The Hall–Kier alpha value is -1.30. The fourth-order valence-corrected chi connectivity index (χ4v) is 1.82. The molecule has 0 saturated carbocycles. The van der Waals surface area contributed by atoms with Gasteiger partial charge in [0.25, 0.3) is 0 Å². The topological polar surface area (TPSA) is 46.2 Å². The van der Waals surface area contributed by atoms with E-state index in [0.717, 1.165) is 17.1 Å². The molecule has 19 heavy (non-hydrogen) atoms. The molecule has 1 aromatic rings. The maximum absolute atomic E-state index is 5.60. The second-order valence-electron chi connectivity index (χ2n) is 4.04. The van der Waals surface area contributed by atoms with Crippen LogP contribution in [0.5, 0.6) is 11.5 Å². The molecule has 1 aliphatic rings. The third-order valence-electron chi connectivity index (χ3n) is 2.66. The summed E-state index contributed by atoms with van der Waals surface area (Å²) in [6.45, 7) is 6.28. The summed E-state index contributed by atoms with van der Waals surface area (Å²) < 4.78 is 27.0. The first-order valence-corrected chi connectivity index (χ1v) is 6.53. The van der Waals surface area contributed by atoms with Gasteiger partial charge in [0.1, 0.15) is 0 Å². The molecule has 0 aromatic heterocycles. The van der Waals surface area contributed by atoms with E-state index in [9.17, 15) is 0 Å².